The van der Waals surface area contributed by atoms with E-state index in [4.69, 9.17) is 4.74 Å². The molecular weight excluding hydrogens is 276 g/mol. The number of amides is 1. The molecule has 0 aromatic heterocycles. The molecule has 0 radical (unpaired) electrons. The van der Waals surface area contributed by atoms with Crippen LogP contribution < -0.4 is 10.6 Å². The molecule has 2 rings (SSSR count). The zero-order chi connectivity index (χ0) is 16.0. The van der Waals surface area contributed by atoms with Crippen LogP contribution in [0.25, 0.3) is 6.08 Å². The predicted octanol–water partition coefficient (Wildman–Crippen LogP) is 3.26. The van der Waals surface area contributed by atoms with Gasteiger partial charge in [-0.15, -0.1) is 0 Å². The lowest BCUT2D eigenvalue weighted by molar-refractivity contribution is 0.0529. The van der Waals surface area contributed by atoms with Gasteiger partial charge < -0.3 is 15.4 Å². The second-order valence-electron chi connectivity index (χ2n) is 6.57. The molecule has 2 N–H and O–H groups in total. The van der Waals surface area contributed by atoms with Gasteiger partial charge in [0, 0.05) is 13.1 Å². The minimum Gasteiger partial charge on any atom is -0.444 e. The van der Waals surface area contributed by atoms with Crippen LogP contribution in [0.1, 0.15) is 43.9 Å². The van der Waals surface area contributed by atoms with Gasteiger partial charge in [0.05, 0.1) is 0 Å². The molecule has 1 aliphatic rings. The Bertz CT molecular complexity index is 545. The molecule has 1 heterocycles. The Kier molecular flexibility index (Phi) is 5.61. The number of nitrogens with one attached hydrogen (secondary N) is 2. The minimum absolute atomic E-state index is 0.360. The topological polar surface area (TPSA) is 50.4 Å². The van der Waals surface area contributed by atoms with Crippen molar-refractivity contribution in [1.29, 1.82) is 0 Å². The van der Waals surface area contributed by atoms with Crippen LogP contribution in [0.15, 0.2) is 24.3 Å². The molecule has 120 valence electrons. The van der Waals surface area contributed by atoms with Crippen molar-refractivity contribution < 1.29 is 9.53 Å². The van der Waals surface area contributed by atoms with Gasteiger partial charge in [0.15, 0.2) is 0 Å². The summed E-state index contributed by atoms with van der Waals surface area (Å²) >= 11 is 0. The van der Waals surface area contributed by atoms with Crippen molar-refractivity contribution >= 4 is 12.2 Å². The van der Waals surface area contributed by atoms with E-state index in [-0.39, 0.29) is 6.09 Å². The minimum atomic E-state index is -0.447. The summed E-state index contributed by atoms with van der Waals surface area (Å²) in [6, 6.07) is 6.61. The lowest BCUT2D eigenvalue weighted by Crippen LogP contribution is -2.32. The Morgan fingerprint density at radius 2 is 2.18 bits per heavy atom. The lowest BCUT2D eigenvalue weighted by atomic mass is 9.98. The number of benzene rings is 1. The molecule has 0 atom stereocenters. The van der Waals surface area contributed by atoms with E-state index < -0.39 is 5.60 Å². The van der Waals surface area contributed by atoms with Crippen LogP contribution in [0.4, 0.5) is 4.79 Å². The van der Waals surface area contributed by atoms with E-state index in [1.165, 1.54) is 16.7 Å². The molecule has 1 aliphatic heterocycles. The molecule has 1 aromatic carbocycles. The number of carbonyl (C=O) groups excluding carboxylic acids is 1. The van der Waals surface area contributed by atoms with Crippen molar-refractivity contribution in [2.75, 3.05) is 13.1 Å². The summed E-state index contributed by atoms with van der Waals surface area (Å²) in [4.78, 5) is 11.5. The number of rotatable bonds is 4. The first-order valence-electron chi connectivity index (χ1n) is 7.90. The maximum atomic E-state index is 11.5. The van der Waals surface area contributed by atoms with Crippen LogP contribution in [0.2, 0.25) is 0 Å². The van der Waals surface area contributed by atoms with E-state index in [0.29, 0.717) is 6.54 Å². The first kappa shape index (κ1) is 16.6. The van der Waals surface area contributed by atoms with Crippen LogP contribution in [-0.4, -0.2) is 24.8 Å². The van der Waals surface area contributed by atoms with Crippen molar-refractivity contribution in [2.45, 2.75) is 45.8 Å². The molecule has 1 amide bonds. The van der Waals surface area contributed by atoms with Gasteiger partial charge in [0.25, 0.3) is 0 Å². The number of hydrogen-bond acceptors (Lipinski definition) is 3. The summed E-state index contributed by atoms with van der Waals surface area (Å²) in [5.74, 6) is 0. The maximum absolute atomic E-state index is 11.5. The van der Waals surface area contributed by atoms with E-state index in [1.54, 1.807) is 0 Å². The monoisotopic (exact) mass is 302 g/mol. The molecule has 0 bridgehead atoms. The van der Waals surface area contributed by atoms with Gasteiger partial charge >= 0.3 is 6.09 Å². The summed E-state index contributed by atoms with van der Waals surface area (Å²) in [6.45, 7) is 8.18. The Balaban J connectivity index is 1.75. The third-order valence-corrected chi connectivity index (χ3v) is 3.41. The van der Waals surface area contributed by atoms with Crippen molar-refractivity contribution in [2.24, 2.45) is 0 Å². The predicted molar refractivity (Wildman–Crippen MR) is 89.7 cm³/mol. The molecule has 0 fully saturated rings. The average Bonchev–Trinajstić information content (AvgIpc) is 2.45. The summed E-state index contributed by atoms with van der Waals surface area (Å²) in [5, 5.41) is 6.14. The van der Waals surface area contributed by atoms with Crippen LogP contribution in [0.3, 0.4) is 0 Å². The van der Waals surface area contributed by atoms with E-state index in [2.05, 4.69) is 41.0 Å². The maximum Gasteiger partial charge on any atom is 0.407 e. The molecule has 0 spiro atoms. The van der Waals surface area contributed by atoms with Crippen molar-refractivity contribution in [3.8, 4) is 0 Å². The lowest BCUT2D eigenvalue weighted by Gasteiger charge is -2.19. The molecule has 0 aliphatic carbocycles. The number of fused-ring (bicyclic) bond motifs is 1. The summed E-state index contributed by atoms with van der Waals surface area (Å²) in [6.07, 6.45) is 5.72. The fraction of sp³-hybridized carbons (Fsp3) is 0.500. The molecule has 0 saturated carbocycles. The Hall–Kier alpha value is -1.81. The van der Waals surface area contributed by atoms with E-state index in [1.807, 2.05) is 20.8 Å². The van der Waals surface area contributed by atoms with Gasteiger partial charge in [0.1, 0.15) is 5.60 Å². The Labute approximate surface area is 132 Å². The average molecular weight is 302 g/mol. The fourth-order valence-corrected chi connectivity index (χ4v) is 2.40. The molecule has 4 nitrogen and oxygen atoms in total. The van der Waals surface area contributed by atoms with E-state index >= 15 is 0 Å². The molecule has 1 aromatic rings. The quantitative estimate of drug-likeness (QED) is 0.839. The normalized spacial score (nSPS) is 14.7. The van der Waals surface area contributed by atoms with Crippen LogP contribution in [0, 0.1) is 0 Å². The van der Waals surface area contributed by atoms with Crippen LogP contribution >= 0.6 is 0 Å². The van der Waals surface area contributed by atoms with E-state index in [9.17, 15) is 4.79 Å². The highest BCUT2D eigenvalue weighted by Crippen LogP contribution is 2.16. The van der Waals surface area contributed by atoms with Gasteiger partial charge in [-0.1, -0.05) is 30.4 Å². The zero-order valence-electron chi connectivity index (χ0n) is 13.7. The second kappa shape index (κ2) is 7.45. The Morgan fingerprint density at radius 1 is 1.36 bits per heavy atom. The smallest absolute Gasteiger partial charge is 0.407 e. The van der Waals surface area contributed by atoms with Gasteiger partial charge in [-0.25, -0.2) is 4.79 Å². The highest BCUT2D eigenvalue weighted by molar-refractivity contribution is 5.67. The number of ether oxygens (including phenoxy) is 1. The highest BCUT2D eigenvalue weighted by atomic mass is 16.6. The van der Waals surface area contributed by atoms with Gasteiger partial charge in [0.2, 0.25) is 0 Å². The molecule has 0 saturated heterocycles. The van der Waals surface area contributed by atoms with E-state index in [0.717, 1.165) is 25.9 Å². The number of carbonyl (C=O) groups is 1. The Morgan fingerprint density at radius 3 is 2.95 bits per heavy atom. The van der Waals surface area contributed by atoms with Gasteiger partial charge in [-0.3, -0.25) is 0 Å². The fourth-order valence-electron chi connectivity index (χ4n) is 2.40. The van der Waals surface area contributed by atoms with Crippen molar-refractivity contribution in [3.63, 3.8) is 0 Å². The molecular formula is C18H26N2O2. The standard InChI is InChI=1S/C18H26N2O2/c1-18(2,3)22-17(21)20-10-5-4-6-14-7-8-15-9-11-19-13-16(15)12-14/h4,6-8,12,19H,5,9-11,13H2,1-3H3,(H,20,21). The highest BCUT2D eigenvalue weighted by Gasteiger charge is 2.15. The SMILES string of the molecule is CC(C)(C)OC(=O)NCCC=Cc1ccc2c(c1)CNCC2. The van der Waals surface area contributed by atoms with Gasteiger partial charge in [-0.05, 0) is 56.8 Å². The first-order chi connectivity index (χ1) is 10.4. The molecule has 22 heavy (non-hydrogen) atoms. The number of hydrogen-bond donors (Lipinski definition) is 2. The second-order valence-corrected chi connectivity index (χ2v) is 6.57. The first-order valence-corrected chi connectivity index (χ1v) is 7.90. The largest absolute Gasteiger partial charge is 0.444 e. The third kappa shape index (κ3) is 5.53. The summed E-state index contributed by atoms with van der Waals surface area (Å²) < 4.78 is 5.18. The van der Waals surface area contributed by atoms with Crippen molar-refractivity contribution in [3.05, 3.63) is 41.0 Å². The third-order valence-electron chi connectivity index (χ3n) is 3.41. The van der Waals surface area contributed by atoms with Crippen LogP contribution in [-0.2, 0) is 17.7 Å². The van der Waals surface area contributed by atoms with Crippen molar-refractivity contribution in [1.82, 2.24) is 10.6 Å². The zero-order valence-corrected chi connectivity index (χ0v) is 13.7. The molecule has 4 heteroatoms. The summed E-state index contributed by atoms with van der Waals surface area (Å²) in [5.41, 5.74) is 3.60. The van der Waals surface area contributed by atoms with Crippen LogP contribution in [0.5, 0.6) is 0 Å². The molecule has 0 unspecified atom stereocenters. The number of alkyl carbamates (subject to hydrolysis) is 1. The van der Waals surface area contributed by atoms with Gasteiger partial charge in [-0.2, -0.15) is 0 Å². The summed E-state index contributed by atoms with van der Waals surface area (Å²) in [7, 11) is 0.